The lowest BCUT2D eigenvalue weighted by Crippen LogP contribution is -2.43. The molecule has 62 heavy (non-hydrogen) atoms. The number of hydrogen-bond donors (Lipinski definition) is 2. The van der Waals surface area contributed by atoms with Gasteiger partial charge in [0, 0.05) is 24.5 Å². The van der Waals surface area contributed by atoms with E-state index < -0.39 is 12.1 Å². The van der Waals surface area contributed by atoms with Gasteiger partial charge in [0.15, 0.2) is 0 Å². The van der Waals surface area contributed by atoms with E-state index in [0.29, 0.717) is 73.1 Å². The highest BCUT2D eigenvalue weighted by atomic mass is 16.5. The molecule has 2 aliphatic heterocycles. The van der Waals surface area contributed by atoms with Gasteiger partial charge in [0.05, 0.1) is 11.1 Å². The lowest BCUT2D eigenvalue weighted by atomic mass is 10.1. The highest BCUT2D eigenvalue weighted by Crippen LogP contribution is 2.29. The van der Waals surface area contributed by atoms with E-state index in [1.54, 1.807) is 46.2 Å². The van der Waals surface area contributed by atoms with Crippen LogP contribution in [0.4, 0.5) is 11.4 Å². The summed E-state index contributed by atoms with van der Waals surface area (Å²) in [5.74, 6) is 0.0779. The molecule has 2 atom stereocenters. The molecular weight excluding hydrogens is 777 g/mol. The molecule has 6 aromatic carbocycles. The average molecular weight is 825 g/mol. The number of anilines is 2. The summed E-state index contributed by atoms with van der Waals surface area (Å²) in [4.78, 5) is 57.8. The number of nitrogens with zero attached hydrogens (tertiary/aromatic N) is 2. The van der Waals surface area contributed by atoms with Crippen molar-refractivity contribution in [2.24, 2.45) is 0 Å². The van der Waals surface area contributed by atoms with Crippen LogP contribution >= 0.6 is 0 Å². The van der Waals surface area contributed by atoms with Crippen molar-refractivity contribution >= 4 is 47.2 Å². The molecule has 0 aromatic heterocycles. The first-order valence-electron chi connectivity index (χ1n) is 21.0. The molecule has 4 amide bonds. The summed E-state index contributed by atoms with van der Waals surface area (Å²) in [5, 5.41) is 6.01. The van der Waals surface area contributed by atoms with E-state index in [4.69, 9.17) is 9.47 Å². The van der Waals surface area contributed by atoms with Gasteiger partial charge in [-0.05, 0) is 96.5 Å². The summed E-state index contributed by atoms with van der Waals surface area (Å²) < 4.78 is 12.1. The number of amides is 4. The summed E-state index contributed by atoms with van der Waals surface area (Å²) >= 11 is 0. The molecule has 0 aliphatic carbocycles. The second-order valence-electron chi connectivity index (χ2n) is 15.4. The lowest BCUT2D eigenvalue weighted by molar-refractivity contribution is -0.120. The van der Waals surface area contributed by atoms with Gasteiger partial charge < -0.3 is 29.9 Å². The molecule has 10 nitrogen and oxygen atoms in total. The number of hydrogen-bond acceptors (Lipinski definition) is 6. The Labute approximate surface area is 361 Å². The van der Waals surface area contributed by atoms with Crippen molar-refractivity contribution in [3.63, 3.8) is 0 Å². The van der Waals surface area contributed by atoms with Gasteiger partial charge in [-0.1, -0.05) is 121 Å². The van der Waals surface area contributed by atoms with Crippen LogP contribution in [0.25, 0.3) is 12.2 Å². The fourth-order valence-electron chi connectivity index (χ4n) is 7.88. The molecule has 6 aromatic rings. The van der Waals surface area contributed by atoms with E-state index in [2.05, 4.69) is 10.6 Å². The van der Waals surface area contributed by atoms with Gasteiger partial charge in [-0.15, -0.1) is 0 Å². The Morgan fingerprint density at radius 3 is 1.26 bits per heavy atom. The van der Waals surface area contributed by atoms with E-state index >= 15 is 0 Å². The number of ether oxygens (including phenoxy) is 2. The second-order valence-corrected chi connectivity index (χ2v) is 15.4. The quantitative estimate of drug-likeness (QED) is 0.106. The van der Waals surface area contributed by atoms with Crippen LogP contribution in [-0.4, -0.2) is 58.6 Å². The van der Waals surface area contributed by atoms with Crippen molar-refractivity contribution in [1.29, 1.82) is 0 Å². The first-order chi connectivity index (χ1) is 30.4. The van der Waals surface area contributed by atoms with Crippen molar-refractivity contribution < 1.29 is 28.7 Å². The van der Waals surface area contributed by atoms with Crippen molar-refractivity contribution in [1.82, 2.24) is 9.80 Å². The second kappa shape index (κ2) is 19.7. The zero-order valence-electron chi connectivity index (χ0n) is 34.3. The normalized spacial score (nSPS) is 15.9. The van der Waals surface area contributed by atoms with E-state index in [-0.39, 0.29) is 23.6 Å². The van der Waals surface area contributed by atoms with Crippen LogP contribution in [0.5, 0.6) is 11.5 Å². The topological polar surface area (TPSA) is 117 Å². The molecule has 2 N–H and O–H groups in total. The summed E-state index contributed by atoms with van der Waals surface area (Å²) in [6.07, 6.45) is 6.56. The summed E-state index contributed by atoms with van der Waals surface area (Å²) in [6, 6.07) is 47.8. The predicted octanol–water partition coefficient (Wildman–Crippen LogP) is 9.50. The van der Waals surface area contributed by atoms with Crippen LogP contribution < -0.4 is 20.1 Å². The van der Waals surface area contributed by atoms with E-state index in [1.165, 1.54) is 0 Å². The Kier molecular flexibility index (Phi) is 13.1. The van der Waals surface area contributed by atoms with Gasteiger partial charge >= 0.3 is 0 Å². The Morgan fingerprint density at radius 1 is 0.484 bits per heavy atom. The minimum Gasteiger partial charge on any atom is -0.488 e. The maximum absolute atomic E-state index is 13.8. The number of nitrogens with one attached hydrogen (secondary N) is 2. The minimum atomic E-state index is -0.593. The van der Waals surface area contributed by atoms with Gasteiger partial charge in [0.25, 0.3) is 11.8 Å². The molecule has 8 rings (SSSR count). The standard InChI is InChI=1S/C52H48N4O6/c57-49(45-19-11-33-55(45)51(59)43-17-7-9-21-47(43)61-35-39-13-3-1-4-14-39)53-41-29-25-37(26-30-41)23-24-38-27-31-42(32-28-38)54-50(58)46-20-12-34-56(46)52(60)44-18-8-10-22-48(44)62-36-40-15-5-2-6-16-40/h1-10,13-18,21-32,45-46H,11-12,19-20,33-36H2,(H,53,57)(H,54,58)/t45-,46-/m0/s1. The fraction of sp³-hybridized carbons (Fsp3) is 0.192. The third-order valence-electron chi connectivity index (χ3n) is 11.2. The highest BCUT2D eigenvalue weighted by Gasteiger charge is 2.37. The van der Waals surface area contributed by atoms with Gasteiger partial charge in [0.1, 0.15) is 36.8 Å². The first-order valence-corrected chi connectivity index (χ1v) is 21.0. The molecule has 2 heterocycles. The molecular formula is C52H48N4O6. The van der Waals surface area contributed by atoms with Crippen LogP contribution in [-0.2, 0) is 22.8 Å². The third kappa shape index (κ3) is 10.1. The molecule has 2 aliphatic rings. The van der Waals surface area contributed by atoms with Gasteiger partial charge in [-0.3, -0.25) is 19.2 Å². The molecule has 0 bridgehead atoms. The Morgan fingerprint density at radius 2 is 0.855 bits per heavy atom. The van der Waals surface area contributed by atoms with Crippen molar-refractivity contribution in [3.05, 3.63) is 191 Å². The lowest BCUT2D eigenvalue weighted by Gasteiger charge is -2.25. The minimum absolute atomic E-state index is 0.224. The SMILES string of the molecule is O=C(Nc1ccc(C=Cc2ccc(NC(=O)[C@@H]3CCCN3C(=O)c3ccccc3OCc3ccccc3)cc2)cc1)[C@@H]1CCCN1C(=O)c1ccccc1OCc1ccccc1. The van der Waals surface area contributed by atoms with Gasteiger partial charge in [-0.25, -0.2) is 0 Å². The van der Waals surface area contributed by atoms with Crippen LogP contribution in [0.3, 0.4) is 0 Å². The van der Waals surface area contributed by atoms with Gasteiger partial charge in [0.2, 0.25) is 11.8 Å². The maximum Gasteiger partial charge on any atom is 0.258 e. The molecule has 0 spiro atoms. The molecule has 2 saturated heterocycles. The molecule has 0 radical (unpaired) electrons. The van der Waals surface area contributed by atoms with Crippen molar-refractivity contribution in [3.8, 4) is 11.5 Å². The molecule has 0 saturated carbocycles. The average Bonchev–Trinajstić information content (AvgIpc) is 4.03. The largest absolute Gasteiger partial charge is 0.488 e. The zero-order chi connectivity index (χ0) is 42.7. The number of carbonyl (C=O) groups is 4. The summed E-state index contributed by atoms with van der Waals surface area (Å²) in [6.45, 7) is 1.65. The maximum atomic E-state index is 13.8. The van der Waals surface area contributed by atoms with Crippen LogP contribution in [0.15, 0.2) is 158 Å². The van der Waals surface area contributed by atoms with Crippen LogP contribution in [0.1, 0.15) is 68.7 Å². The molecule has 2 fully saturated rings. The smallest absolute Gasteiger partial charge is 0.258 e. The number of rotatable bonds is 14. The predicted molar refractivity (Wildman–Crippen MR) is 242 cm³/mol. The van der Waals surface area contributed by atoms with Crippen molar-refractivity contribution in [2.75, 3.05) is 23.7 Å². The van der Waals surface area contributed by atoms with E-state index in [0.717, 1.165) is 35.1 Å². The van der Waals surface area contributed by atoms with Gasteiger partial charge in [-0.2, -0.15) is 0 Å². The third-order valence-corrected chi connectivity index (χ3v) is 11.2. The summed E-state index contributed by atoms with van der Waals surface area (Å²) in [5.41, 5.74) is 6.02. The first kappa shape index (κ1) is 41.3. The molecule has 312 valence electrons. The van der Waals surface area contributed by atoms with Crippen LogP contribution in [0, 0.1) is 0 Å². The van der Waals surface area contributed by atoms with Crippen LogP contribution in [0.2, 0.25) is 0 Å². The fourth-order valence-corrected chi connectivity index (χ4v) is 7.88. The summed E-state index contributed by atoms with van der Waals surface area (Å²) in [7, 11) is 0. The Bertz CT molecular complexity index is 2350. The van der Waals surface area contributed by atoms with E-state index in [1.807, 2.05) is 133 Å². The van der Waals surface area contributed by atoms with Crippen molar-refractivity contribution in [2.45, 2.75) is 51.0 Å². The molecule has 10 heteroatoms. The number of carbonyl (C=O) groups excluding carboxylic acids is 4. The van der Waals surface area contributed by atoms with E-state index in [9.17, 15) is 19.2 Å². The highest BCUT2D eigenvalue weighted by molar-refractivity contribution is 6.04. The Balaban J connectivity index is 0.829. The zero-order valence-corrected chi connectivity index (χ0v) is 34.3. The Hall–Kier alpha value is -7.46. The molecule has 0 unspecified atom stereocenters. The number of benzene rings is 6. The monoisotopic (exact) mass is 824 g/mol. The number of para-hydroxylation sites is 2. The number of likely N-dealkylation sites (tertiary alicyclic amines) is 2.